The summed E-state index contributed by atoms with van der Waals surface area (Å²) in [5, 5.41) is 3.08. The molecule has 3 aromatic rings. The number of pyridine rings is 1. The fourth-order valence-electron chi connectivity index (χ4n) is 2.87. The van der Waals surface area contributed by atoms with Crippen molar-refractivity contribution in [3.05, 3.63) is 41.9 Å². The third-order valence-electron chi connectivity index (χ3n) is 3.92. The van der Waals surface area contributed by atoms with Crippen LogP contribution in [0.1, 0.15) is 12.8 Å². The molecule has 1 aliphatic heterocycles. The number of thiophene rings is 1. The van der Waals surface area contributed by atoms with Crippen molar-refractivity contribution in [3.8, 4) is 5.88 Å². The van der Waals surface area contributed by atoms with Gasteiger partial charge in [-0.2, -0.15) is 0 Å². The molecule has 3 aromatic heterocycles. The van der Waals surface area contributed by atoms with Gasteiger partial charge >= 0.3 is 0 Å². The molecule has 4 heterocycles. The van der Waals surface area contributed by atoms with E-state index < -0.39 is 5.82 Å². The van der Waals surface area contributed by atoms with Crippen LogP contribution in [0, 0.1) is 5.82 Å². The van der Waals surface area contributed by atoms with Gasteiger partial charge in [0.2, 0.25) is 0 Å². The minimum atomic E-state index is -0.424. The summed E-state index contributed by atoms with van der Waals surface area (Å²) in [4.78, 5) is 15.9. The zero-order chi connectivity index (χ0) is 15.6. The Bertz CT molecular complexity index is 824. The van der Waals surface area contributed by atoms with E-state index in [1.807, 2.05) is 11.4 Å². The van der Waals surface area contributed by atoms with E-state index in [4.69, 9.17) is 4.74 Å². The van der Waals surface area contributed by atoms with E-state index in [1.165, 1.54) is 6.07 Å². The molecule has 1 unspecified atom stereocenters. The molecule has 0 saturated carbocycles. The Balaban J connectivity index is 1.55. The van der Waals surface area contributed by atoms with Gasteiger partial charge in [-0.1, -0.05) is 0 Å². The van der Waals surface area contributed by atoms with Crippen LogP contribution in [0.3, 0.4) is 0 Å². The Labute approximate surface area is 136 Å². The highest BCUT2D eigenvalue weighted by molar-refractivity contribution is 7.16. The van der Waals surface area contributed by atoms with E-state index in [2.05, 4.69) is 19.9 Å². The zero-order valence-corrected chi connectivity index (χ0v) is 13.2. The van der Waals surface area contributed by atoms with E-state index in [9.17, 15) is 4.39 Å². The normalized spacial score (nSPS) is 18.3. The van der Waals surface area contributed by atoms with Crippen LogP contribution in [0.25, 0.3) is 10.2 Å². The first-order valence-corrected chi connectivity index (χ1v) is 8.39. The number of hydrogen-bond acceptors (Lipinski definition) is 6. The third kappa shape index (κ3) is 2.84. The number of aromatic nitrogens is 3. The molecule has 0 bridgehead atoms. The van der Waals surface area contributed by atoms with Crippen molar-refractivity contribution in [1.82, 2.24) is 15.0 Å². The van der Waals surface area contributed by atoms with Crippen molar-refractivity contribution in [2.75, 3.05) is 18.0 Å². The number of rotatable bonds is 3. The van der Waals surface area contributed by atoms with E-state index in [0.717, 1.165) is 35.4 Å². The Morgan fingerprint density at radius 2 is 2.22 bits per heavy atom. The van der Waals surface area contributed by atoms with Gasteiger partial charge in [-0.3, -0.25) is 0 Å². The molecule has 118 valence electrons. The zero-order valence-electron chi connectivity index (χ0n) is 12.4. The van der Waals surface area contributed by atoms with Crippen LogP contribution in [-0.2, 0) is 0 Å². The number of nitrogens with zero attached hydrogens (tertiary/aromatic N) is 4. The summed E-state index contributed by atoms with van der Waals surface area (Å²) in [5.41, 5.74) is 0. The molecule has 1 aliphatic rings. The molecule has 1 saturated heterocycles. The predicted molar refractivity (Wildman–Crippen MR) is 87.5 cm³/mol. The molecule has 1 fully saturated rings. The molecule has 23 heavy (non-hydrogen) atoms. The first-order chi connectivity index (χ1) is 11.3. The van der Waals surface area contributed by atoms with Gasteiger partial charge in [0.1, 0.15) is 23.1 Å². The summed E-state index contributed by atoms with van der Waals surface area (Å²) in [6, 6.07) is 4.96. The van der Waals surface area contributed by atoms with Crippen molar-refractivity contribution < 1.29 is 9.13 Å². The van der Waals surface area contributed by atoms with Crippen molar-refractivity contribution in [2.24, 2.45) is 0 Å². The molecule has 0 aliphatic carbocycles. The minimum Gasteiger partial charge on any atom is -0.470 e. The van der Waals surface area contributed by atoms with Gasteiger partial charge in [0.25, 0.3) is 5.88 Å². The highest BCUT2D eigenvalue weighted by Gasteiger charge is 2.25. The predicted octanol–water partition coefficient (Wildman–Crippen LogP) is 3.27. The van der Waals surface area contributed by atoms with Gasteiger partial charge in [-0.05, 0) is 36.4 Å². The number of halogens is 1. The maximum Gasteiger partial charge on any atom is 0.250 e. The largest absolute Gasteiger partial charge is 0.470 e. The highest BCUT2D eigenvalue weighted by Crippen LogP contribution is 2.29. The second-order valence-corrected chi connectivity index (χ2v) is 6.35. The molecule has 0 amide bonds. The van der Waals surface area contributed by atoms with Crippen molar-refractivity contribution in [3.63, 3.8) is 0 Å². The summed E-state index contributed by atoms with van der Waals surface area (Å²) < 4.78 is 19.5. The molecule has 1 atom stereocenters. The van der Waals surface area contributed by atoms with Crippen LogP contribution in [-0.4, -0.2) is 34.1 Å². The number of fused-ring (bicyclic) bond motifs is 1. The average molecular weight is 330 g/mol. The van der Waals surface area contributed by atoms with Crippen molar-refractivity contribution in [1.29, 1.82) is 0 Å². The van der Waals surface area contributed by atoms with Crippen LogP contribution in [0.15, 0.2) is 36.1 Å². The lowest BCUT2D eigenvalue weighted by Gasteiger charge is -2.33. The summed E-state index contributed by atoms with van der Waals surface area (Å²) in [6.45, 7) is 1.57. The molecular weight excluding hydrogens is 315 g/mol. The Hall–Kier alpha value is -2.28. The molecule has 7 heteroatoms. The van der Waals surface area contributed by atoms with Gasteiger partial charge in [-0.25, -0.2) is 19.3 Å². The van der Waals surface area contributed by atoms with E-state index in [0.29, 0.717) is 6.54 Å². The summed E-state index contributed by atoms with van der Waals surface area (Å²) in [6.07, 6.45) is 4.88. The highest BCUT2D eigenvalue weighted by atomic mass is 32.1. The monoisotopic (exact) mass is 330 g/mol. The van der Waals surface area contributed by atoms with Gasteiger partial charge in [0, 0.05) is 12.7 Å². The standard InChI is InChI=1S/C16H15FN4OS/c17-13-4-1-6-18-15(13)22-11-3-2-7-21(9-11)14-12-5-8-23-16(12)20-10-19-14/h1,4-6,8,10-11H,2-3,7,9H2. The van der Waals surface area contributed by atoms with Crippen LogP contribution >= 0.6 is 11.3 Å². The van der Waals surface area contributed by atoms with Crippen molar-refractivity contribution in [2.45, 2.75) is 18.9 Å². The van der Waals surface area contributed by atoms with Gasteiger partial charge in [-0.15, -0.1) is 11.3 Å². The second kappa shape index (κ2) is 6.08. The lowest BCUT2D eigenvalue weighted by atomic mass is 10.1. The number of hydrogen-bond donors (Lipinski definition) is 0. The summed E-state index contributed by atoms with van der Waals surface area (Å²) in [7, 11) is 0. The molecule has 0 spiro atoms. The van der Waals surface area contributed by atoms with Gasteiger partial charge < -0.3 is 9.64 Å². The third-order valence-corrected chi connectivity index (χ3v) is 4.74. The molecular formula is C16H15FN4OS. The Morgan fingerprint density at radius 3 is 3.13 bits per heavy atom. The number of piperidine rings is 1. The number of anilines is 1. The summed E-state index contributed by atoms with van der Waals surface area (Å²) in [5.74, 6) is 0.570. The molecule has 5 nitrogen and oxygen atoms in total. The van der Waals surface area contributed by atoms with Crippen LogP contribution in [0.5, 0.6) is 5.88 Å². The topological polar surface area (TPSA) is 51.1 Å². The SMILES string of the molecule is Fc1cccnc1OC1CCCN(c2ncnc3sccc23)C1. The fourth-order valence-corrected chi connectivity index (χ4v) is 3.60. The Kier molecular flexibility index (Phi) is 3.78. The fraction of sp³-hybridized carbons (Fsp3) is 0.312. The van der Waals surface area contributed by atoms with Gasteiger partial charge in [0.05, 0.1) is 11.9 Å². The number of ether oxygens (including phenoxy) is 1. The first kappa shape index (κ1) is 14.3. The maximum absolute atomic E-state index is 13.7. The average Bonchev–Trinajstić information content (AvgIpc) is 3.06. The molecule has 0 aromatic carbocycles. The molecule has 0 N–H and O–H groups in total. The lowest BCUT2D eigenvalue weighted by Crippen LogP contribution is -2.41. The maximum atomic E-state index is 13.7. The van der Waals surface area contributed by atoms with Crippen LogP contribution in [0.4, 0.5) is 10.2 Å². The van der Waals surface area contributed by atoms with Crippen LogP contribution in [0.2, 0.25) is 0 Å². The first-order valence-electron chi connectivity index (χ1n) is 7.51. The summed E-state index contributed by atoms with van der Waals surface area (Å²) >= 11 is 1.60. The lowest BCUT2D eigenvalue weighted by molar-refractivity contribution is 0.164. The molecule has 4 rings (SSSR count). The smallest absolute Gasteiger partial charge is 0.250 e. The van der Waals surface area contributed by atoms with Crippen LogP contribution < -0.4 is 9.64 Å². The van der Waals surface area contributed by atoms with Gasteiger partial charge in [0.15, 0.2) is 5.82 Å². The van der Waals surface area contributed by atoms with E-state index >= 15 is 0 Å². The molecule has 0 radical (unpaired) electrons. The van der Waals surface area contributed by atoms with E-state index in [1.54, 1.807) is 29.9 Å². The van der Waals surface area contributed by atoms with Crippen molar-refractivity contribution >= 4 is 27.4 Å². The second-order valence-electron chi connectivity index (χ2n) is 5.46. The minimum absolute atomic E-state index is 0.0720. The quantitative estimate of drug-likeness (QED) is 0.738. The Morgan fingerprint density at radius 1 is 1.26 bits per heavy atom. The van der Waals surface area contributed by atoms with E-state index in [-0.39, 0.29) is 12.0 Å².